The third kappa shape index (κ3) is 2.81. The fourth-order valence-corrected chi connectivity index (χ4v) is 3.19. The molecule has 2 unspecified atom stereocenters. The van der Waals surface area contributed by atoms with Crippen LogP contribution < -0.4 is 5.32 Å². The lowest BCUT2D eigenvalue weighted by molar-refractivity contribution is 0.0662. The largest absolute Gasteiger partial charge is 0.338 e. The first-order valence-corrected chi connectivity index (χ1v) is 6.94. The summed E-state index contributed by atoms with van der Waals surface area (Å²) < 4.78 is 13.2. The maximum Gasteiger partial charge on any atom is 0.253 e. The van der Waals surface area contributed by atoms with Crippen molar-refractivity contribution in [3.8, 4) is 0 Å². The van der Waals surface area contributed by atoms with E-state index in [0.29, 0.717) is 23.1 Å². The molecule has 110 valence electrons. The zero-order chi connectivity index (χ0) is 13.4. The minimum absolute atomic E-state index is 0. The van der Waals surface area contributed by atoms with E-state index in [-0.39, 0.29) is 24.1 Å². The average molecular weight is 299 g/mol. The molecule has 5 heteroatoms. The van der Waals surface area contributed by atoms with Gasteiger partial charge in [-0.25, -0.2) is 4.39 Å². The van der Waals surface area contributed by atoms with Gasteiger partial charge >= 0.3 is 0 Å². The second kappa shape index (κ2) is 6.10. The molecule has 2 aliphatic rings. The van der Waals surface area contributed by atoms with Crippen molar-refractivity contribution >= 4 is 18.3 Å². The highest BCUT2D eigenvalue weighted by molar-refractivity contribution is 5.94. The highest BCUT2D eigenvalue weighted by Crippen LogP contribution is 2.25. The number of hydrogen-bond acceptors (Lipinski definition) is 2. The lowest BCUT2D eigenvalue weighted by atomic mass is 9.93. The first-order chi connectivity index (χ1) is 9.15. The van der Waals surface area contributed by atoms with Gasteiger partial charge in [0.1, 0.15) is 5.82 Å². The van der Waals surface area contributed by atoms with Crippen molar-refractivity contribution in [2.45, 2.75) is 25.8 Å². The first kappa shape index (κ1) is 15.3. The van der Waals surface area contributed by atoms with Crippen LogP contribution in [0.4, 0.5) is 4.39 Å². The Hall–Kier alpha value is -1.13. The molecule has 2 aliphatic heterocycles. The van der Waals surface area contributed by atoms with Crippen LogP contribution in [0.3, 0.4) is 0 Å². The average Bonchev–Trinajstić information content (AvgIpc) is 2.88. The van der Waals surface area contributed by atoms with Gasteiger partial charge in [0, 0.05) is 24.7 Å². The molecule has 1 aromatic rings. The number of carbonyl (C=O) groups is 1. The number of piperidine rings is 1. The number of nitrogens with one attached hydrogen (secondary N) is 1. The Kier molecular flexibility index (Phi) is 4.66. The van der Waals surface area contributed by atoms with Gasteiger partial charge in [0.05, 0.1) is 0 Å². The van der Waals surface area contributed by atoms with Gasteiger partial charge in [-0.05, 0) is 56.0 Å². The Morgan fingerprint density at radius 3 is 2.95 bits per heavy atom. The molecule has 1 aromatic carbocycles. The molecule has 0 spiro atoms. The number of benzene rings is 1. The SMILES string of the molecule is Cc1cc(C(=O)N2CCC3NCCC3C2)ccc1F.Cl. The van der Waals surface area contributed by atoms with Crippen LogP contribution in [0.2, 0.25) is 0 Å². The molecule has 3 rings (SSSR count). The van der Waals surface area contributed by atoms with Crippen LogP contribution in [0.5, 0.6) is 0 Å². The van der Waals surface area contributed by atoms with Crippen LogP contribution in [0.25, 0.3) is 0 Å². The quantitative estimate of drug-likeness (QED) is 0.863. The highest BCUT2D eigenvalue weighted by Gasteiger charge is 2.34. The van der Waals surface area contributed by atoms with Crippen LogP contribution in [0.1, 0.15) is 28.8 Å². The van der Waals surface area contributed by atoms with E-state index in [1.165, 1.54) is 6.07 Å². The summed E-state index contributed by atoms with van der Waals surface area (Å²) in [5.41, 5.74) is 1.13. The normalized spacial score (nSPS) is 25.0. The summed E-state index contributed by atoms with van der Waals surface area (Å²) >= 11 is 0. The molecule has 2 heterocycles. The third-order valence-corrected chi connectivity index (χ3v) is 4.35. The fourth-order valence-electron chi connectivity index (χ4n) is 3.19. The molecule has 0 aromatic heterocycles. The monoisotopic (exact) mass is 298 g/mol. The number of likely N-dealkylation sites (tertiary alicyclic amines) is 1. The second-order valence-corrected chi connectivity index (χ2v) is 5.61. The summed E-state index contributed by atoms with van der Waals surface area (Å²) in [6.45, 7) is 4.38. The van der Waals surface area contributed by atoms with Gasteiger partial charge in [0.25, 0.3) is 5.91 Å². The van der Waals surface area contributed by atoms with Crippen molar-refractivity contribution in [1.29, 1.82) is 0 Å². The fraction of sp³-hybridized carbons (Fsp3) is 0.533. The molecule has 2 atom stereocenters. The van der Waals surface area contributed by atoms with E-state index in [9.17, 15) is 9.18 Å². The maximum atomic E-state index is 13.2. The molecular formula is C15H20ClFN2O. The maximum absolute atomic E-state index is 13.2. The molecule has 2 saturated heterocycles. The van der Waals surface area contributed by atoms with Crippen molar-refractivity contribution in [3.63, 3.8) is 0 Å². The number of carbonyl (C=O) groups excluding carboxylic acids is 1. The zero-order valence-corrected chi connectivity index (χ0v) is 12.4. The van der Waals surface area contributed by atoms with Crippen LogP contribution in [0, 0.1) is 18.7 Å². The van der Waals surface area contributed by atoms with Gasteiger partial charge in [-0.2, -0.15) is 0 Å². The number of hydrogen-bond donors (Lipinski definition) is 1. The molecular weight excluding hydrogens is 279 g/mol. The molecule has 3 nitrogen and oxygen atoms in total. The molecule has 20 heavy (non-hydrogen) atoms. The Balaban J connectivity index is 0.00000147. The summed E-state index contributed by atoms with van der Waals surface area (Å²) in [4.78, 5) is 14.4. The van der Waals surface area contributed by atoms with Crippen LogP contribution in [-0.4, -0.2) is 36.5 Å². The van der Waals surface area contributed by atoms with Crippen molar-refractivity contribution in [2.75, 3.05) is 19.6 Å². The second-order valence-electron chi connectivity index (χ2n) is 5.61. The van der Waals surface area contributed by atoms with E-state index in [1.54, 1.807) is 19.1 Å². The van der Waals surface area contributed by atoms with E-state index in [4.69, 9.17) is 0 Å². The summed E-state index contributed by atoms with van der Waals surface area (Å²) in [6, 6.07) is 5.20. The standard InChI is InChI=1S/C15H19FN2O.ClH/c1-10-8-11(2-3-13(10)16)15(19)18-7-5-14-12(9-18)4-6-17-14;/h2-3,8,12,14,17H,4-7,9H2,1H3;1H. The Morgan fingerprint density at radius 1 is 1.40 bits per heavy atom. The van der Waals surface area contributed by atoms with Crippen LogP contribution in [0.15, 0.2) is 18.2 Å². The van der Waals surface area contributed by atoms with Crippen molar-refractivity contribution < 1.29 is 9.18 Å². The number of aryl methyl sites for hydroxylation is 1. The van der Waals surface area contributed by atoms with E-state index in [1.807, 2.05) is 4.90 Å². The first-order valence-electron chi connectivity index (χ1n) is 6.94. The van der Waals surface area contributed by atoms with E-state index >= 15 is 0 Å². The molecule has 1 N–H and O–H groups in total. The smallest absolute Gasteiger partial charge is 0.253 e. The van der Waals surface area contributed by atoms with Crippen molar-refractivity contribution in [3.05, 3.63) is 35.1 Å². The van der Waals surface area contributed by atoms with Gasteiger partial charge in [-0.15, -0.1) is 12.4 Å². The van der Waals surface area contributed by atoms with E-state index in [0.717, 1.165) is 32.5 Å². The molecule has 1 amide bonds. The minimum Gasteiger partial charge on any atom is -0.338 e. The number of nitrogens with zero attached hydrogens (tertiary/aromatic N) is 1. The van der Waals surface area contributed by atoms with Crippen molar-refractivity contribution in [1.82, 2.24) is 10.2 Å². The zero-order valence-electron chi connectivity index (χ0n) is 11.6. The third-order valence-electron chi connectivity index (χ3n) is 4.35. The highest BCUT2D eigenvalue weighted by atomic mass is 35.5. The molecule has 0 bridgehead atoms. The summed E-state index contributed by atoms with van der Waals surface area (Å²) in [7, 11) is 0. The Labute approximate surface area is 124 Å². The van der Waals surface area contributed by atoms with Gasteiger partial charge < -0.3 is 10.2 Å². The summed E-state index contributed by atoms with van der Waals surface area (Å²) in [5, 5.41) is 3.49. The van der Waals surface area contributed by atoms with Gasteiger partial charge in [-0.3, -0.25) is 4.79 Å². The van der Waals surface area contributed by atoms with E-state index < -0.39 is 0 Å². The lowest BCUT2D eigenvalue weighted by Gasteiger charge is -2.35. The van der Waals surface area contributed by atoms with Gasteiger partial charge in [0.2, 0.25) is 0 Å². The summed E-state index contributed by atoms with van der Waals surface area (Å²) in [6.07, 6.45) is 2.17. The molecule has 0 aliphatic carbocycles. The number of fused-ring (bicyclic) bond motifs is 1. The lowest BCUT2D eigenvalue weighted by Crippen LogP contribution is -2.46. The minimum atomic E-state index is -0.254. The van der Waals surface area contributed by atoms with Crippen molar-refractivity contribution in [2.24, 2.45) is 5.92 Å². The number of rotatable bonds is 1. The summed E-state index contributed by atoms with van der Waals surface area (Å²) in [5.74, 6) is 0.364. The topological polar surface area (TPSA) is 32.3 Å². The number of amides is 1. The molecule has 0 radical (unpaired) electrons. The van der Waals surface area contributed by atoms with Gasteiger partial charge in [-0.1, -0.05) is 0 Å². The molecule has 0 saturated carbocycles. The Bertz CT molecular complexity index is 509. The van der Waals surface area contributed by atoms with E-state index in [2.05, 4.69) is 5.32 Å². The Morgan fingerprint density at radius 2 is 2.20 bits per heavy atom. The predicted octanol–water partition coefficient (Wildman–Crippen LogP) is 2.38. The number of halogens is 2. The molecule has 2 fully saturated rings. The van der Waals surface area contributed by atoms with Crippen LogP contribution in [-0.2, 0) is 0 Å². The predicted molar refractivity (Wildman–Crippen MR) is 78.8 cm³/mol. The van der Waals surface area contributed by atoms with Crippen LogP contribution >= 0.6 is 12.4 Å². The van der Waals surface area contributed by atoms with Gasteiger partial charge in [0.15, 0.2) is 0 Å².